The molecule has 2 N–H and O–H groups in total. The van der Waals surface area contributed by atoms with Crippen LogP contribution < -0.4 is 13.0 Å². The minimum Gasteiger partial charge on any atom is -0.493 e. The van der Waals surface area contributed by atoms with Crippen molar-refractivity contribution in [3.8, 4) is 11.5 Å². The van der Waals surface area contributed by atoms with Crippen molar-refractivity contribution in [2.75, 3.05) is 23.8 Å². The first kappa shape index (κ1) is 19.8. The maximum absolute atomic E-state index is 13.0. The van der Waals surface area contributed by atoms with Crippen LogP contribution >= 0.6 is 22.9 Å². The molecular weight excluding hydrogens is 459 g/mol. The smallest absolute Gasteiger partial charge is 0.256 e. The van der Waals surface area contributed by atoms with Crippen LogP contribution in [0.5, 0.6) is 11.5 Å². The fourth-order valence-electron chi connectivity index (χ4n) is 3.27. The molecule has 1 aliphatic rings. The zero-order chi connectivity index (χ0) is 19.2. The molecule has 144 valence electrons. The second-order valence-electron chi connectivity index (χ2n) is 6.39. The first-order valence-electron chi connectivity index (χ1n) is 8.85. The number of likely N-dealkylation sites (tertiary alicyclic amines) is 1. The number of aliphatic hydroxyl groups excluding tert-OH is 1. The number of nitrogens with one attached hydrogen (secondary N) is 1. The first-order valence-corrected chi connectivity index (χ1v) is 9.93. The highest BCUT2D eigenvalue weighted by Crippen LogP contribution is 2.36. The zero-order valence-electron chi connectivity index (χ0n) is 15.2. The van der Waals surface area contributed by atoms with Crippen molar-refractivity contribution >= 4 is 34.5 Å². The van der Waals surface area contributed by atoms with E-state index in [0.29, 0.717) is 35.9 Å². The number of hydrogen-bond acceptors (Lipinski definition) is 5. The predicted molar refractivity (Wildman–Crippen MR) is 113 cm³/mol. The summed E-state index contributed by atoms with van der Waals surface area (Å²) in [5.41, 5.74) is 2.22. The van der Waals surface area contributed by atoms with Gasteiger partial charge >= 0.3 is 0 Å². The van der Waals surface area contributed by atoms with Gasteiger partial charge in [-0.05, 0) is 24.5 Å². The summed E-state index contributed by atoms with van der Waals surface area (Å²) >= 11 is 2.00. The number of nitrogens with zero attached hydrogens (tertiary/aromatic N) is 1. The third-order valence-corrected chi connectivity index (χ3v) is 5.30. The van der Waals surface area contributed by atoms with Crippen molar-refractivity contribution in [3.63, 3.8) is 0 Å². The summed E-state index contributed by atoms with van der Waals surface area (Å²) in [7, 11) is 1.56. The Morgan fingerprint density at radius 3 is 2.74 bits per heavy atom. The van der Waals surface area contributed by atoms with Crippen LogP contribution in [0.4, 0.5) is 5.69 Å². The molecule has 7 heteroatoms. The van der Waals surface area contributed by atoms with E-state index in [0.717, 1.165) is 18.4 Å². The monoisotopic (exact) mass is 482 g/mol. The molecule has 1 amide bonds. The molecule has 1 heterocycles. The second-order valence-corrected chi connectivity index (χ2v) is 6.93. The number of methoxy groups -OCH3 is 1. The number of hydrogen-bond donors (Lipinski definition) is 2. The molecule has 0 bridgehead atoms. The molecule has 0 aromatic heterocycles. The highest BCUT2D eigenvalue weighted by molar-refractivity contribution is 14.1. The van der Waals surface area contributed by atoms with E-state index < -0.39 is 0 Å². The third-order valence-electron chi connectivity index (χ3n) is 4.72. The van der Waals surface area contributed by atoms with Crippen LogP contribution in [-0.4, -0.2) is 42.2 Å². The molecule has 2 aromatic rings. The fourth-order valence-corrected chi connectivity index (χ4v) is 3.72. The van der Waals surface area contributed by atoms with E-state index in [1.54, 1.807) is 24.1 Å². The van der Waals surface area contributed by atoms with E-state index in [9.17, 15) is 9.90 Å². The van der Waals surface area contributed by atoms with Gasteiger partial charge in [0.15, 0.2) is 11.5 Å². The summed E-state index contributed by atoms with van der Waals surface area (Å²) in [6.45, 7) is 1.04. The van der Waals surface area contributed by atoms with Crippen LogP contribution in [0.3, 0.4) is 0 Å². The molecule has 1 atom stereocenters. The number of halogens is 1. The quantitative estimate of drug-likeness (QED) is 0.466. The summed E-state index contributed by atoms with van der Waals surface area (Å²) in [5, 5.41) is 9.53. The average Bonchev–Trinajstić information content (AvgIpc) is 3.20. The Balaban J connectivity index is 1.86. The Hall–Kier alpha value is -2.00. The number of benzene rings is 2. The van der Waals surface area contributed by atoms with Crippen molar-refractivity contribution in [1.29, 1.82) is 0 Å². The minimum atomic E-state index is -0.125. The Labute approximate surface area is 173 Å². The van der Waals surface area contributed by atoms with E-state index in [1.165, 1.54) is 0 Å². The van der Waals surface area contributed by atoms with Gasteiger partial charge in [-0.15, -0.1) is 0 Å². The molecular formula is C20H23IN2O4. The highest BCUT2D eigenvalue weighted by Gasteiger charge is 2.30. The summed E-state index contributed by atoms with van der Waals surface area (Å²) in [6, 6.07) is 13.2. The number of amides is 1. The molecule has 3 rings (SSSR count). The van der Waals surface area contributed by atoms with Crippen LogP contribution in [0.15, 0.2) is 42.5 Å². The van der Waals surface area contributed by atoms with E-state index in [2.05, 4.69) is 3.53 Å². The number of carbonyl (C=O) groups excluding carboxylic acids is 1. The van der Waals surface area contributed by atoms with Gasteiger partial charge in [-0.3, -0.25) is 4.79 Å². The van der Waals surface area contributed by atoms with E-state index in [4.69, 9.17) is 9.47 Å². The maximum Gasteiger partial charge on any atom is 0.256 e. The van der Waals surface area contributed by atoms with Gasteiger partial charge in [0.1, 0.15) is 6.61 Å². The summed E-state index contributed by atoms with van der Waals surface area (Å²) in [4.78, 5) is 14.8. The molecule has 0 saturated carbocycles. The lowest BCUT2D eigenvalue weighted by Crippen LogP contribution is -2.37. The lowest BCUT2D eigenvalue weighted by atomic mass is 10.1. The Bertz CT molecular complexity index is 785. The van der Waals surface area contributed by atoms with Gasteiger partial charge < -0.3 is 23.0 Å². The third kappa shape index (κ3) is 4.47. The Morgan fingerprint density at radius 2 is 2.07 bits per heavy atom. The lowest BCUT2D eigenvalue weighted by Gasteiger charge is -2.24. The lowest BCUT2D eigenvalue weighted by molar-refractivity contribution is 0.0678. The van der Waals surface area contributed by atoms with Crippen molar-refractivity contribution in [2.45, 2.75) is 25.5 Å². The van der Waals surface area contributed by atoms with Crippen molar-refractivity contribution in [1.82, 2.24) is 4.90 Å². The first-order chi connectivity index (χ1) is 13.2. The molecule has 2 aromatic carbocycles. The Kier molecular flexibility index (Phi) is 6.78. The van der Waals surface area contributed by atoms with Crippen molar-refractivity contribution in [2.24, 2.45) is 0 Å². The number of aliphatic hydroxyl groups is 1. The molecule has 0 aliphatic carbocycles. The molecule has 1 aliphatic heterocycles. The van der Waals surface area contributed by atoms with Gasteiger partial charge in [-0.2, -0.15) is 0 Å². The van der Waals surface area contributed by atoms with Crippen LogP contribution in [0.25, 0.3) is 0 Å². The van der Waals surface area contributed by atoms with E-state index in [1.807, 2.05) is 53.2 Å². The van der Waals surface area contributed by atoms with Gasteiger partial charge in [0.25, 0.3) is 5.91 Å². The molecule has 1 saturated heterocycles. The fraction of sp³-hybridized carbons (Fsp3) is 0.350. The van der Waals surface area contributed by atoms with E-state index >= 15 is 0 Å². The van der Waals surface area contributed by atoms with Gasteiger partial charge in [0.05, 0.1) is 53.9 Å². The number of rotatable bonds is 7. The van der Waals surface area contributed by atoms with Crippen LogP contribution in [0.2, 0.25) is 0 Å². The molecule has 6 nitrogen and oxygen atoms in total. The molecule has 0 radical (unpaired) electrons. The van der Waals surface area contributed by atoms with Crippen molar-refractivity contribution in [3.05, 3.63) is 53.6 Å². The number of carbonyl (C=O) groups is 1. The van der Waals surface area contributed by atoms with Crippen LogP contribution in [0.1, 0.15) is 28.8 Å². The highest BCUT2D eigenvalue weighted by atomic mass is 127. The topological polar surface area (TPSA) is 71.0 Å². The van der Waals surface area contributed by atoms with Gasteiger partial charge in [0.2, 0.25) is 0 Å². The average molecular weight is 482 g/mol. The summed E-state index contributed by atoms with van der Waals surface area (Å²) < 4.78 is 14.4. The second kappa shape index (κ2) is 9.27. The molecule has 27 heavy (non-hydrogen) atoms. The number of ether oxygens (including phenoxy) is 2. The van der Waals surface area contributed by atoms with E-state index in [-0.39, 0.29) is 18.6 Å². The summed E-state index contributed by atoms with van der Waals surface area (Å²) in [5.74, 6) is 0.959. The molecule has 0 spiro atoms. The van der Waals surface area contributed by atoms with Gasteiger partial charge in [-0.1, -0.05) is 30.3 Å². The van der Waals surface area contributed by atoms with Crippen molar-refractivity contribution < 1.29 is 19.4 Å². The summed E-state index contributed by atoms with van der Waals surface area (Å²) in [6.07, 6.45) is 1.73. The van der Waals surface area contributed by atoms with Crippen LogP contribution in [0, 0.1) is 0 Å². The Morgan fingerprint density at radius 1 is 1.30 bits per heavy atom. The number of anilines is 1. The molecule has 1 fully saturated rings. The van der Waals surface area contributed by atoms with Gasteiger partial charge in [0, 0.05) is 12.6 Å². The normalized spacial score (nSPS) is 16.3. The largest absolute Gasteiger partial charge is 0.493 e. The molecule has 0 unspecified atom stereocenters. The van der Waals surface area contributed by atoms with Crippen LogP contribution in [-0.2, 0) is 6.61 Å². The predicted octanol–water partition coefficient (Wildman–Crippen LogP) is 3.63. The standard InChI is InChI=1S/C20H23IN2O4/c1-26-18-10-16(20(25)23-9-5-8-15(23)12-24)17(22-21)11-19(18)27-13-14-6-3-2-4-7-14/h2-4,6-7,10-11,15,22,24H,5,8-9,12-13H2,1H3/t15-/m0/s1. The zero-order valence-corrected chi connectivity index (χ0v) is 17.3. The SMILES string of the molecule is COc1cc(C(=O)N2CCC[C@H]2CO)c(NI)cc1OCc1ccccc1. The van der Waals surface area contributed by atoms with Gasteiger partial charge in [-0.25, -0.2) is 0 Å². The maximum atomic E-state index is 13.0. The minimum absolute atomic E-state index is 0.0197.